The van der Waals surface area contributed by atoms with Crippen LogP contribution in [-0.4, -0.2) is 60.3 Å². The second-order valence-electron chi connectivity index (χ2n) is 6.49. The van der Waals surface area contributed by atoms with E-state index < -0.39 is 0 Å². The molecule has 0 bridgehead atoms. The van der Waals surface area contributed by atoms with Crippen molar-refractivity contribution in [2.75, 3.05) is 38.7 Å². The monoisotopic (exact) mass is 370 g/mol. The Balaban J connectivity index is 1.56. The van der Waals surface area contributed by atoms with Crippen LogP contribution in [0, 0.1) is 0 Å². The second kappa shape index (κ2) is 8.68. The van der Waals surface area contributed by atoms with Crippen molar-refractivity contribution in [2.45, 2.75) is 13.2 Å². The molecule has 1 amide bonds. The Bertz CT molecular complexity index is 799. The lowest BCUT2D eigenvalue weighted by Gasteiger charge is -2.35. The number of nitrogens with zero attached hydrogens (tertiary/aromatic N) is 5. The van der Waals surface area contributed by atoms with Gasteiger partial charge in [0.2, 0.25) is 5.91 Å². The molecule has 1 fully saturated rings. The molecular formula is C19H26N6O2. The maximum absolute atomic E-state index is 12.6. The Morgan fingerprint density at radius 3 is 2.59 bits per heavy atom. The number of hydrogen-bond acceptors (Lipinski definition) is 4. The Morgan fingerprint density at radius 1 is 1.26 bits per heavy atom. The number of methoxy groups -OCH3 is 1. The van der Waals surface area contributed by atoms with Crippen molar-refractivity contribution < 1.29 is 9.53 Å². The summed E-state index contributed by atoms with van der Waals surface area (Å²) in [5.41, 5.74) is 3.13. The fourth-order valence-corrected chi connectivity index (χ4v) is 3.11. The predicted octanol–water partition coefficient (Wildman–Crippen LogP) is 0.991. The van der Waals surface area contributed by atoms with Crippen LogP contribution < -0.4 is 10.2 Å². The minimum absolute atomic E-state index is 0.0427. The van der Waals surface area contributed by atoms with Gasteiger partial charge in [-0.25, -0.2) is 0 Å². The van der Waals surface area contributed by atoms with E-state index in [2.05, 4.69) is 39.7 Å². The third-order valence-electron chi connectivity index (χ3n) is 4.52. The van der Waals surface area contributed by atoms with Gasteiger partial charge in [0.1, 0.15) is 6.54 Å². The van der Waals surface area contributed by atoms with E-state index in [0.717, 1.165) is 22.8 Å². The summed E-state index contributed by atoms with van der Waals surface area (Å²) in [7, 11) is 5.27. The van der Waals surface area contributed by atoms with Gasteiger partial charge in [0, 0.05) is 47.0 Å². The van der Waals surface area contributed by atoms with Crippen LogP contribution in [0.2, 0.25) is 0 Å². The molecule has 1 aliphatic rings. The summed E-state index contributed by atoms with van der Waals surface area (Å²) in [6.45, 7) is 2.88. The zero-order chi connectivity index (χ0) is 19.2. The van der Waals surface area contributed by atoms with Crippen LogP contribution in [0.4, 0.5) is 5.69 Å². The minimum atomic E-state index is 0.0427. The molecule has 8 heteroatoms. The first kappa shape index (κ1) is 18.9. The fourth-order valence-electron chi connectivity index (χ4n) is 3.11. The largest absolute Gasteiger partial charge is 0.380 e. The molecule has 0 atom stereocenters. The van der Waals surface area contributed by atoms with Crippen molar-refractivity contribution in [1.82, 2.24) is 20.0 Å². The van der Waals surface area contributed by atoms with Crippen molar-refractivity contribution in [3.8, 4) is 0 Å². The van der Waals surface area contributed by atoms with E-state index in [4.69, 9.17) is 4.74 Å². The number of aliphatic imine (C=N–C) groups is 1. The zero-order valence-electron chi connectivity index (χ0n) is 16.1. The predicted molar refractivity (Wildman–Crippen MR) is 104 cm³/mol. The first-order valence-corrected chi connectivity index (χ1v) is 8.92. The summed E-state index contributed by atoms with van der Waals surface area (Å²) in [5.74, 6) is 0.774. The number of aromatic nitrogens is 2. The van der Waals surface area contributed by atoms with Gasteiger partial charge in [0.05, 0.1) is 18.5 Å². The normalized spacial score (nSPS) is 15.4. The Hall–Kier alpha value is -2.87. The molecule has 0 spiro atoms. The molecule has 144 valence electrons. The molecule has 1 aliphatic heterocycles. The lowest BCUT2D eigenvalue weighted by molar-refractivity contribution is -0.120. The first-order valence-electron chi connectivity index (χ1n) is 8.92. The van der Waals surface area contributed by atoms with Crippen molar-refractivity contribution in [3.05, 3.63) is 47.8 Å². The molecule has 1 aromatic heterocycles. The van der Waals surface area contributed by atoms with Gasteiger partial charge in [0.25, 0.3) is 0 Å². The van der Waals surface area contributed by atoms with Crippen LogP contribution in [0.1, 0.15) is 11.1 Å². The number of rotatable bonds is 5. The standard InChI is InChI=1S/C19H26N6O2/c1-20-19(21-10-15-4-6-16(7-5-15)14-27-3)24-8-9-25(18(26)13-24)17-11-22-23(2)12-17/h4-7,11-12H,8-10,13-14H2,1-3H3,(H,20,21). The molecule has 0 radical (unpaired) electrons. The van der Waals surface area contributed by atoms with Gasteiger partial charge in [-0.05, 0) is 11.1 Å². The number of guanidine groups is 1. The fraction of sp³-hybridized carbons (Fsp3) is 0.421. The van der Waals surface area contributed by atoms with Crippen LogP contribution in [0.25, 0.3) is 0 Å². The molecule has 0 saturated carbocycles. The lowest BCUT2D eigenvalue weighted by Crippen LogP contribution is -2.55. The zero-order valence-corrected chi connectivity index (χ0v) is 16.1. The third-order valence-corrected chi connectivity index (χ3v) is 4.52. The lowest BCUT2D eigenvalue weighted by atomic mass is 10.1. The van der Waals surface area contributed by atoms with E-state index in [1.54, 1.807) is 29.9 Å². The minimum Gasteiger partial charge on any atom is -0.380 e. The van der Waals surface area contributed by atoms with Gasteiger partial charge in [-0.1, -0.05) is 24.3 Å². The summed E-state index contributed by atoms with van der Waals surface area (Å²) in [5, 5.41) is 7.49. The van der Waals surface area contributed by atoms with Gasteiger partial charge in [-0.2, -0.15) is 5.10 Å². The quantitative estimate of drug-likeness (QED) is 0.628. The van der Waals surface area contributed by atoms with Gasteiger partial charge in [-0.15, -0.1) is 0 Å². The summed E-state index contributed by atoms with van der Waals surface area (Å²) < 4.78 is 6.83. The van der Waals surface area contributed by atoms with E-state index in [1.165, 1.54) is 0 Å². The first-order chi connectivity index (χ1) is 13.1. The number of aryl methyl sites for hydroxylation is 1. The number of anilines is 1. The van der Waals surface area contributed by atoms with Crippen LogP contribution in [-0.2, 0) is 29.7 Å². The number of carbonyl (C=O) groups excluding carboxylic acids is 1. The van der Waals surface area contributed by atoms with Crippen LogP contribution in [0.3, 0.4) is 0 Å². The number of nitrogens with one attached hydrogen (secondary N) is 1. The highest BCUT2D eigenvalue weighted by Gasteiger charge is 2.27. The van der Waals surface area contributed by atoms with Gasteiger partial charge < -0.3 is 19.9 Å². The van der Waals surface area contributed by atoms with Gasteiger partial charge in [0.15, 0.2) is 5.96 Å². The van der Waals surface area contributed by atoms with E-state index in [9.17, 15) is 4.79 Å². The maximum Gasteiger partial charge on any atom is 0.246 e. The topological polar surface area (TPSA) is 75.0 Å². The molecule has 1 aromatic carbocycles. The highest BCUT2D eigenvalue weighted by Crippen LogP contribution is 2.16. The van der Waals surface area contributed by atoms with Crippen molar-refractivity contribution in [3.63, 3.8) is 0 Å². The second-order valence-corrected chi connectivity index (χ2v) is 6.49. The Kier molecular flexibility index (Phi) is 6.08. The molecule has 2 aromatic rings. The highest BCUT2D eigenvalue weighted by atomic mass is 16.5. The molecule has 2 heterocycles. The Morgan fingerprint density at radius 2 is 2.00 bits per heavy atom. The van der Waals surface area contributed by atoms with Gasteiger partial charge >= 0.3 is 0 Å². The third kappa shape index (κ3) is 4.65. The molecule has 8 nitrogen and oxygen atoms in total. The maximum atomic E-state index is 12.6. The number of hydrogen-bond donors (Lipinski definition) is 1. The molecule has 1 saturated heterocycles. The molecule has 27 heavy (non-hydrogen) atoms. The average molecular weight is 370 g/mol. The summed E-state index contributed by atoms with van der Waals surface area (Å²) >= 11 is 0. The van der Waals surface area contributed by atoms with Crippen LogP contribution >= 0.6 is 0 Å². The van der Waals surface area contributed by atoms with E-state index in [0.29, 0.717) is 32.8 Å². The Labute approximate surface area is 159 Å². The number of amides is 1. The smallest absolute Gasteiger partial charge is 0.246 e. The number of piperazine rings is 1. The van der Waals surface area contributed by atoms with E-state index in [1.807, 2.05) is 18.1 Å². The number of carbonyl (C=O) groups is 1. The van der Waals surface area contributed by atoms with Crippen LogP contribution in [0.5, 0.6) is 0 Å². The van der Waals surface area contributed by atoms with Gasteiger partial charge in [-0.3, -0.25) is 14.5 Å². The summed E-state index contributed by atoms with van der Waals surface area (Å²) in [6.07, 6.45) is 3.57. The molecule has 0 aliphatic carbocycles. The summed E-state index contributed by atoms with van der Waals surface area (Å²) in [6, 6.07) is 8.25. The molecular weight excluding hydrogens is 344 g/mol. The average Bonchev–Trinajstić information content (AvgIpc) is 3.10. The molecule has 3 rings (SSSR count). The van der Waals surface area contributed by atoms with E-state index >= 15 is 0 Å². The number of benzene rings is 1. The summed E-state index contributed by atoms with van der Waals surface area (Å²) in [4.78, 5) is 20.6. The van der Waals surface area contributed by atoms with E-state index in [-0.39, 0.29) is 5.91 Å². The van der Waals surface area contributed by atoms with Crippen molar-refractivity contribution in [2.24, 2.45) is 12.0 Å². The SMILES string of the molecule is CN=C(NCc1ccc(COC)cc1)N1CCN(c2cnn(C)c2)C(=O)C1. The molecule has 1 N–H and O–H groups in total. The van der Waals surface area contributed by atoms with Crippen LogP contribution in [0.15, 0.2) is 41.7 Å². The molecule has 0 unspecified atom stereocenters. The van der Waals surface area contributed by atoms with Crippen molar-refractivity contribution >= 4 is 17.6 Å². The number of ether oxygens (including phenoxy) is 1. The highest BCUT2D eigenvalue weighted by molar-refractivity contribution is 5.98. The van der Waals surface area contributed by atoms with Crippen molar-refractivity contribution in [1.29, 1.82) is 0 Å².